The van der Waals surface area contributed by atoms with Crippen molar-refractivity contribution < 1.29 is 13.5 Å². The predicted molar refractivity (Wildman–Crippen MR) is 52.8 cm³/mol. The van der Waals surface area contributed by atoms with E-state index >= 15 is 0 Å². The molecule has 78 valence electrons. The molecule has 0 radical (unpaired) electrons. The average molecular weight is 209 g/mol. The second-order valence-corrected chi connectivity index (χ2v) is 3.00. The molecule has 0 fully saturated rings. The normalized spacial score (nSPS) is 10.6. The smallest absolute Gasteiger partial charge is 0.171 e. The van der Waals surface area contributed by atoms with Gasteiger partial charge in [-0.2, -0.15) is 0 Å². The van der Waals surface area contributed by atoms with Gasteiger partial charge in [-0.05, 0) is 25.1 Å². The Morgan fingerprint density at radius 2 is 2.07 bits per heavy atom. The van der Waals surface area contributed by atoms with Crippen LogP contribution in [-0.4, -0.2) is 11.6 Å². The average Bonchev–Trinajstić information content (AvgIpc) is 2.24. The summed E-state index contributed by atoms with van der Waals surface area (Å²) in [6.45, 7) is 2.18. The lowest BCUT2D eigenvalue weighted by Crippen LogP contribution is -1.96. The van der Waals surface area contributed by atoms with E-state index in [0.717, 1.165) is 6.07 Å². The Hall–Kier alpha value is -1.71. The molecule has 1 aromatic carbocycles. The van der Waals surface area contributed by atoms with Crippen LogP contribution in [0.2, 0.25) is 0 Å². The number of ether oxygens (including phenoxy) is 1. The van der Waals surface area contributed by atoms with Crippen molar-refractivity contribution in [2.24, 2.45) is 0 Å². The van der Waals surface area contributed by atoms with Gasteiger partial charge < -0.3 is 4.74 Å². The van der Waals surface area contributed by atoms with E-state index in [4.69, 9.17) is 4.74 Å². The summed E-state index contributed by atoms with van der Waals surface area (Å²) in [6, 6.07) is 4.00. The lowest BCUT2D eigenvalue weighted by Gasteiger charge is -2.07. The molecule has 4 heteroatoms. The molecule has 2 nitrogen and oxygen atoms in total. The van der Waals surface area contributed by atoms with E-state index in [1.807, 2.05) is 0 Å². The molecular weight excluding hydrogens is 200 g/mol. The molecule has 1 aromatic heterocycles. The van der Waals surface area contributed by atoms with E-state index < -0.39 is 11.6 Å². The van der Waals surface area contributed by atoms with E-state index in [1.165, 1.54) is 18.3 Å². The number of rotatable bonds is 2. The van der Waals surface area contributed by atoms with E-state index in [-0.39, 0.29) is 5.39 Å². The molecule has 0 aliphatic carbocycles. The molecule has 0 aliphatic heterocycles. The number of fused-ring (bicyclic) bond motifs is 1. The summed E-state index contributed by atoms with van der Waals surface area (Å²) in [6.07, 6.45) is 1.50. The minimum Gasteiger partial charge on any atom is -0.493 e. The second kappa shape index (κ2) is 3.81. The molecule has 0 aliphatic rings. The van der Waals surface area contributed by atoms with Gasteiger partial charge in [0.15, 0.2) is 11.6 Å². The van der Waals surface area contributed by atoms with Crippen molar-refractivity contribution >= 4 is 10.9 Å². The first-order chi connectivity index (χ1) is 7.24. The van der Waals surface area contributed by atoms with Crippen molar-refractivity contribution in [2.45, 2.75) is 6.92 Å². The number of halogens is 2. The van der Waals surface area contributed by atoms with Crippen LogP contribution in [0.4, 0.5) is 8.78 Å². The molecule has 0 saturated carbocycles. The number of hydrogen-bond acceptors (Lipinski definition) is 2. The summed E-state index contributed by atoms with van der Waals surface area (Å²) in [5.41, 5.74) is 0.389. The fraction of sp³-hybridized carbons (Fsp3) is 0.182. The molecule has 15 heavy (non-hydrogen) atoms. The van der Waals surface area contributed by atoms with E-state index in [0.29, 0.717) is 17.9 Å². The van der Waals surface area contributed by atoms with Crippen LogP contribution in [0.25, 0.3) is 10.9 Å². The topological polar surface area (TPSA) is 22.1 Å². The van der Waals surface area contributed by atoms with Gasteiger partial charge in [0.25, 0.3) is 0 Å². The number of aromatic nitrogens is 1. The number of pyridine rings is 1. The number of benzene rings is 1. The third kappa shape index (κ3) is 1.63. The third-order valence-electron chi connectivity index (χ3n) is 2.06. The molecule has 0 unspecified atom stereocenters. The van der Waals surface area contributed by atoms with Gasteiger partial charge in [-0.25, -0.2) is 8.78 Å². The van der Waals surface area contributed by atoms with Crippen molar-refractivity contribution in [2.75, 3.05) is 6.61 Å². The number of hydrogen-bond donors (Lipinski definition) is 0. The predicted octanol–water partition coefficient (Wildman–Crippen LogP) is 2.91. The van der Waals surface area contributed by atoms with Gasteiger partial charge in [-0.15, -0.1) is 0 Å². The van der Waals surface area contributed by atoms with Crippen molar-refractivity contribution in [1.82, 2.24) is 4.98 Å². The summed E-state index contributed by atoms with van der Waals surface area (Å²) in [5, 5.41) is 0.0966. The standard InChI is InChI=1S/C11H9F2NO/c1-2-15-9-5-6-14-8-4-3-7(12)11(13)10(8)9/h3-6H,2H2,1H3. The van der Waals surface area contributed by atoms with Crippen molar-refractivity contribution in [3.63, 3.8) is 0 Å². The fourth-order valence-corrected chi connectivity index (χ4v) is 1.43. The lowest BCUT2D eigenvalue weighted by molar-refractivity contribution is 0.342. The Balaban J connectivity index is 2.76. The quantitative estimate of drug-likeness (QED) is 0.758. The molecule has 0 spiro atoms. The van der Waals surface area contributed by atoms with Gasteiger partial charge in [-0.3, -0.25) is 4.98 Å². The molecule has 0 amide bonds. The van der Waals surface area contributed by atoms with Crippen LogP contribution in [0.15, 0.2) is 24.4 Å². The van der Waals surface area contributed by atoms with Crippen molar-refractivity contribution in [3.05, 3.63) is 36.0 Å². The minimum atomic E-state index is -0.913. The summed E-state index contributed by atoms with van der Waals surface area (Å²) in [4.78, 5) is 3.94. The first kappa shape index (κ1) is 9.83. The van der Waals surface area contributed by atoms with Gasteiger partial charge in [0.05, 0.1) is 17.5 Å². The first-order valence-electron chi connectivity index (χ1n) is 4.59. The van der Waals surface area contributed by atoms with E-state index in [1.54, 1.807) is 6.92 Å². The maximum absolute atomic E-state index is 13.5. The molecule has 0 bridgehead atoms. The van der Waals surface area contributed by atoms with E-state index in [9.17, 15) is 8.78 Å². The summed E-state index contributed by atoms with van der Waals surface area (Å²) in [7, 11) is 0. The maximum Gasteiger partial charge on any atom is 0.171 e. The highest BCUT2D eigenvalue weighted by Crippen LogP contribution is 2.27. The Kier molecular flexibility index (Phi) is 2.49. The maximum atomic E-state index is 13.5. The Labute approximate surface area is 85.5 Å². The third-order valence-corrected chi connectivity index (χ3v) is 2.06. The summed E-state index contributed by atoms with van der Waals surface area (Å²) in [5.74, 6) is -1.49. The van der Waals surface area contributed by atoms with Crippen LogP contribution in [0.5, 0.6) is 5.75 Å². The van der Waals surface area contributed by atoms with Crippen LogP contribution >= 0.6 is 0 Å². The summed E-state index contributed by atoms with van der Waals surface area (Å²) >= 11 is 0. The van der Waals surface area contributed by atoms with Crippen LogP contribution in [-0.2, 0) is 0 Å². The highest BCUT2D eigenvalue weighted by Gasteiger charge is 2.12. The Morgan fingerprint density at radius 3 is 2.80 bits per heavy atom. The number of nitrogens with zero attached hydrogens (tertiary/aromatic N) is 1. The zero-order chi connectivity index (χ0) is 10.8. The van der Waals surface area contributed by atoms with Crippen molar-refractivity contribution in [3.8, 4) is 5.75 Å². The van der Waals surface area contributed by atoms with Gasteiger partial charge in [0.1, 0.15) is 5.75 Å². The molecule has 0 saturated heterocycles. The highest BCUT2D eigenvalue weighted by molar-refractivity contribution is 5.85. The second-order valence-electron chi connectivity index (χ2n) is 3.00. The minimum absolute atomic E-state index is 0.0966. The van der Waals surface area contributed by atoms with Gasteiger partial charge >= 0.3 is 0 Å². The van der Waals surface area contributed by atoms with Gasteiger partial charge in [0, 0.05) is 6.20 Å². The Morgan fingerprint density at radius 1 is 1.27 bits per heavy atom. The van der Waals surface area contributed by atoms with Gasteiger partial charge in [-0.1, -0.05) is 0 Å². The molecular formula is C11H9F2NO. The molecule has 0 atom stereocenters. The highest BCUT2D eigenvalue weighted by atomic mass is 19.2. The molecule has 0 N–H and O–H groups in total. The van der Waals surface area contributed by atoms with E-state index in [2.05, 4.69) is 4.98 Å². The zero-order valence-corrected chi connectivity index (χ0v) is 8.13. The largest absolute Gasteiger partial charge is 0.493 e. The molecule has 2 aromatic rings. The Bertz CT molecular complexity index is 499. The molecule has 2 rings (SSSR count). The summed E-state index contributed by atoms with van der Waals surface area (Å²) < 4.78 is 31.7. The van der Waals surface area contributed by atoms with Crippen LogP contribution in [0, 0.1) is 11.6 Å². The van der Waals surface area contributed by atoms with Crippen molar-refractivity contribution in [1.29, 1.82) is 0 Å². The van der Waals surface area contributed by atoms with Crippen LogP contribution in [0.1, 0.15) is 6.92 Å². The zero-order valence-electron chi connectivity index (χ0n) is 8.13. The van der Waals surface area contributed by atoms with Crippen LogP contribution in [0.3, 0.4) is 0 Å². The van der Waals surface area contributed by atoms with Crippen LogP contribution < -0.4 is 4.74 Å². The van der Waals surface area contributed by atoms with Gasteiger partial charge in [0.2, 0.25) is 0 Å². The fourth-order valence-electron chi connectivity index (χ4n) is 1.43. The molecule has 1 heterocycles. The first-order valence-corrected chi connectivity index (χ1v) is 4.59. The lowest BCUT2D eigenvalue weighted by atomic mass is 10.2. The SMILES string of the molecule is CCOc1ccnc2ccc(F)c(F)c12. The monoisotopic (exact) mass is 209 g/mol.